The van der Waals surface area contributed by atoms with Gasteiger partial charge in [-0.25, -0.2) is 0 Å². The first-order valence-electron chi connectivity index (χ1n) is 6.58. The van der Waals surface area contributed by atoms with Crippen LogP contribution in [0.25, 0.3) is 0 Å². The van der Waals surface area contributed by atoms with Gasteiger partial charge in [0.15, 0.2) is 0 Å². The van der Waals surface area contributed by atoms with E-state index in [1.165, 1.54) is 24.3 Å². The maximum Gasteiger partial charge on any atom is 0.573 e. The SMILES string of the molecule is Cc1ccc(C(=O)Nc2ccc(OC(F)(F)F)cc2)cc1[N+](=O)[O-]. The van der Waals surface area contributed by atoms with Gasteiger partial charge in [-0.3, -0.25) is 14.9 Å². The Balaban J connectivity index is 2.12. The topological polar surface area (TPSA) is 81.5 Å². The van der Waals surface area contributed by atoms with Crippen LogP contribution in [0.2, 0.25) is 0 Å². The van der Waals surface area contributed by atoms with Gasteiger partial charge in [-0.2, -0.15) is 0 Å². The normalized spacial score (nSPS) is 11.0. The number of ether oxygens (including phenoxy) is 1. The molecule has 6 nitrogen and oxygen atoms in total. The van der Waals surface area contributed by atoms with Crippen LogP contribution >= 0.6 is 0 Å². The molecule has 2 rings (SSSR count). The number of nitrogens with zero attached hydrogens (tertiary/aromatic N) is 1. The molecule has 0 saturated carbocycles. The third-order valence-electron chi connectivity index (χ3n) is 3.01. The van der Waals surface area contributed by atoms with Crippen molar-refractivity contribution >= 4 is 17.3 Å². The second-order valence-electron chi connectivity index (χ2n) is 4.78. The van der Waals surface area contributed by atoms with Crippen LogP contribution in [-0.2, 0) is 0 Å². The number of alkyl halides is 3. The average Bonchev–Trinajstić information content (AvgIpc) is 2.48. The first-order valence-corrected chi connectivity index (χ1v) is 6.58. The van der Waals surface area contributed by atoms with Gasteiger partial charge in [0.1, 0.15) is 5.75 Å². The number of carbonyl (C=O) groups excluding carboxylic acids is 1. The molecule has 0 saturated heterocycles. The predicted octanol–water partition coefficient (Wildman–Crippen LogP) is 4.05. The summed E-state index contributed by atoms with van der Waals surface area (Å²) in [5.74, 6) is -1.05. The molecule has 0 heterocycles. The molecule has 1 amide bonds. The number of nitrogens with one attached hydrogen (secondary N) is 1. The van der Waals surface area contributed by atoms with Crippen LogP contribution < -0.4 is 10.1 Å². The van der Waals surface area contributed by atoms with Crippen LogP contribution in [0.4, 0.5) is 24.5 Å². The highest BCUT2D eigenvalue weighted by atomic mass is 19.4. The zero-order valence-electron chi connectivity index (χ0n) is 12.3. The molecule has 0 spiro atoms. The van der Waals surface area contributed by atoms with Crippen LogP contribution in [0, 0.1) is 17.0 Å². The number of benzene rings is 2. The molecule has 0 aliphatic carbocycles. The summed E-state index contributed by atoms with van der Waals surface area (Å²) in [6, 6.07) is 8.52. The number of carbonyl (C=O) groups is 1. The lowest BCUT2D eigenvalue weighted by Gasteiger charge is -2.10. The molecule has 1 N–H and O–H groups in total. The van der Waals surface area contributed by atoms with Gasteiger partial charge in [0, 0.05) is 22.9 Å². The van der Waals surface area contributed by atoms with Crippen LogP contribution in [0.15, 0.2) is 42.5 Å². The van der Waals surface area contributed by atoms with E-state index < -0.39 is 22.9 Å². The van der Waals surface area contributed by atoms with Crippen molar-refractivity contribution in [2.45, 2.75) is 13.3 Å². The van der Waals surface area contributed by atoms with Crippen molar-refractivity contribution in [2.24, 2.45) is 0 Å². The molecule has 126 valence electrons. The quantitative estimate of drug-likeness (QED) is 0.672. The van der Waals surface area contributed by atoms with Crippen molar-refractivity contribution in [1.29, 1.82) is 0 Å². The third kappa shape index (κ3) is 4.45. The van der Waals surface area contributed by atoms with Gasteiger partial charge in [-0.15, -0.1) is 13.2 Å². The molecule has 24 heavy (non-hydrogen) atoms. The van der Waals surface area contributed by atoms with E-state index in [1.54, 1.807) is 6.92 Å². The number of nitro benzene ring substituents is 1. The Hall–Kier alpha value is -3.10. The van der Waals surface area contributed by atoms with E-state index in [1.807, 2.05) is 0 Å². The summed E-state index contributed by atoms with van der Waals surface area (Å²) in [7, 11) is 0. The van der Waals surface area contributed by atoms with Crippen LogP contribution in [-0.4, -0.2) is 17.2 Å². The number of anilines is 1. The fraction of sp³-hybridized carbons (Fsp3) is 0.133. The van der Waals surface area contributed by atoms with Gasteiger partial charge in [0.2, 0.25) is 0 Å². The Morgan fingerprint density at radius 3 is 2.33 bits per heavy atom. The van der Waals surface area contributed by atoms with Crippen LogP contribution in [0.5, 0.6) is 5.75 Å². The van der Waals surface area contributed by atoms with Crippen LogP contribution in [0.3, 0.4) is 0 Å². The molecule has 0 aliphatic heterocycles. The Labute approximate surface area is 134 Å². The first kappa shape index (κ1) is 17.3. The van der Waals surface area contributed by atoms with E-state index in [9.17, 15) is 28.1 Å². The zero-order valence-corrected chi connectivity index (χ0v) is 12.3. The largest absolute Gasteiger partial charge is 0.573 e. The van der Waals surface area contributed by atoms with Crippen molar-refractivity contribution in [2.75, 3.05) is 5.32 Å². The lowest BCUT2D eigenvalue weighted by Crippen LogP contribution is -2.17. The Bertz CT molecular complexity index is 773. The van der Waals surface area contributed by atoms with E-state index >= 15 is 0 Å². The molecular formula is C15H11F3N2O4. The fourth-order valence-corrected chi connectivity index (χ4v) is 1.89. The van der Waals surface area contributed by atoms with Gasteiger partial charge >= 0.3 is 6.36 Å². The predicted molar refractivity (Wildman–Crippen MR) is 78.9 cm³/mol. The third-order valence-corrected chi connectivity index (χ3v) is 3.01. The monoisotopic (exact) mass is 340 g/mol. The van der Waals surface area contributed by atoms with E-state index in [0.29, 0.717) is 5.56 Å². The van der Waals surface area contributed by atoms with Crippen molar-refractivity contribution in [1.82, 2.24) is 0 Å². The van der Waals surface area contributed by atoms with Gasteiger partial charge in [-0.05, 0) is 37.3 Å². The minimum Gasteiger partial charge on any atom is -0.406 e. The molecule has 0 aliphatic rings. The van der Waals surface area contributed by atoms with Crippen molar-refractivity contribution < 1.29 is 27.6 Å². The Morgan fingerprint density at radius 1 is 1.17 bits per heavy atom. The van der Waals surface area contributed by atoms with E-state index in [4.69, 9.17) is 0 Å². The van der Waals surface area contributed by atoms with Gasteiger partial charge < -0.3 is 10.1 Å². The lowest BCUT2D eigenvalue weighted by atomic mass is 10.1. The smallest absolute Gasteiger partial charge is 0.406 e. The Kier molecular flexibility index (Phi) is 4.72. The van der Waals surface area contributed by atoms with Gasteiger partial charge in [-0.1, -0.05) is 6.07 Å². The number of hydrogen-bond acceptors (Lipinski definition) is 4. The standard InChI is InChI=1S/C15H11F3N2O4/c1-9-2-3-10(8-13(9)20(22)23)14(21)19-11-4-6-12(7-5-11)24-15(16,17)18/h2-8H,1H3,(H,19,21). The van der Waals surface area contributed by atoms with E-state index in [2.05, 4.69) is 10.1 Å². The minimum absolute atomic E-state index is 0.0583. The number of amides is 1. The summed E-state index contributed by atoms with van der Waals surface area (Å²) >= 11 is 0. The van der Waals surface area contributed by atoms with Crippen molar-refractivity contribution in [3.63, 3.8) is 0 Å². The lowest BCUT2D eigenvalue weighted by molar-refractivity contribution is -0.385. The molecule has 0 unspecified atom stereocenters. The average molecular weight is 340 g/mol. The minimum atomic E-state index is -4.80. The maximum atomic E-state index is 12.1. The second kappa shape index (κ2) is 6.57. The zero-order chi connectivity index (χ0) is 17.9. The molecule has 0 fully saturated rings. The fourth-order valence-electron chi connectivity index (χ4n) is 1.89. The highest BCUT2D eigenvalue weighted by Gasteiger charge is 2.31. The summed E-state index contributed by atoms with van der Waals surface area (Å²) < 4.78 is 39.9. The summed E-state index contributed by atoms with van der Waals surface area (Å²) in [6.45, 7) is 1.54. The maximum absolute atomic E-state index is 12.1. The summed E-state index contributed by atoms with van der Waals surface area (Å²) in [5.41, 5.74) is 0.488. The van der Waals surface area contributed by atoms with E-state index in [-0.39, 0.29) is 16.9 Å². The molecule has 0 bridgehead atoms. The highest BCUT2D eigenvalue weighted by molar-refractivity contribution is 6.04. The Morgan fingerprint density at radius 2 is 1.79 bits per heavy atom. The number of halogens is 3. The molecular weight excluding hydrogens is 329 g/mol. The molecule has 2 aromatic rings. The number of rotatable bonds is 4. The first-order chi connectivity index (χ1) is 11.2. The van der Waals surface area contributed by atoms with Crippen molar-refractivity contribution in [3.05, 3.63) is 63.7 Å². The number of aryl methyl sites for hydroxylation is 1. The molecule has 2 aromatic carbocycles. The molecule has 0 atom stereocenters. The summed E-state index contributed by atoms with van der Waals surface area (Å²) in [5, 5.41) is 13.3. The van der Waals surface area contributed by atoms with Gasteiger partial charge in [0.05, 0.1) is 4.92 Å². The van der Waals surface area contributed by atoms with Crippen LogP contribution in [0.1, 0.15) is 15.9 Å². The second-order valence-corrected chi connectivity index (χ2v) is 4.78. The van der Waals surface area contributed by atoms with Gasteiger partial charge in [0.25, 0.3) is 11.6 Å². The molecule has 9 heteroatoms. The van der Waals surface area contributed by atoms with E-state index in [0.717, 1.165) is 18.2 Å². The molecule has 0 aromatic heterocycles. The molecule has 0 radical (unpaired) electrons. The highest BCUT2D eigenvalue weighted by Crippen LogP contribution is 2.24. The summed E-state index contributed by atoms with van der Waals surface area (Å²) in [6.07, 6.45) is -4.80. The summed E-state index contributed by atoms with van der Waals surface area (Å²) in [4.78, 5) is 22.3. The van der Waals surface area contributed by atoms with Crippen molar-refractivity contribution in [3.8, 4) is 5.75 Å². The number of nitro groups is 1. The number of hydrogen-bond donors (Lipinski definition) is 1.